The zero-order valence-corrected chi connectivity index (χ0v) is 12.3. The zero-order valence-electron chi connectivity index (χ0n) is 12.3. The third-order valence-corrected chi connectivity index (χ3v) is 3.64. The minimum Gasteiger partial charge on any atom is -0.205 e. The number of nitrogens with zero attached hydrogens (tertiary/aromatic N) is 2. The Morgan fingerprint density at radius 3 is 1.15 bits per heavy atom. The molecule has 0 aromatic carbocycles. The summed E-state index contributed by atoms with van der Waals surface area (Å²) in [5.74, 6) is 0. The molecule has 0 spiro atoms. The molecule has 0 N–H and O–H groups in total. The molecule has 2 heteroatoms. The number of aryl methyl sites for hydroxylation is 2. The molecule has 2 aromatic rings. The first-order chi connectivity index (χ1) is 9.95. The molecule has 20 heavy (non-hydrogen) atoms. The highest BCUT2D eigenvalue weighted by atomic mass is 14.9. The molecule has 0 radical (unpaired) electrons. The lowest BCUT2D eigenvalue weighted by molar-refractivity contribution is -0.697. The summed E-state index contributed by atoms with van der Waals surface area (Å²) in [7, 11) is 0. The van der Waals surface area contributed by atoms with Gasteiger partial charge in [0, 0.05) is 37.1 Å². The van der Waals surface area contributed by atoms with E-state index in [1.165, 1.54) is 38.5 Å². The van der Waals surface area contributed by atoms with Gasteiger partial charge in [0.15, 0.2) is 24.8 Å². The number of aromatic nitrogens is 2. The fourth-order valence-corrected chi connectivity index (χ4v) is 2.46. The Morgan fingerprint density at radius 1 is 0.400 bits per heavy atom. The SMILES string of the molecule is c1cc[n+](CCCCCCCC[n+]2ccccc2)cc1. The molecule has 0 aliphatic carbocycles. The Morgan fingerprint density at radius 2 is 0.750 bits per heavy atom. The van der Waals surface area contributed by atoms with E-state index in [1.807, 2.05) is 0 Å². The third kappa shape index (κ3) is 5.96. The number of hydrogen-bond acceptors (Lipinski definition) is 0. The second kappa shape index (κ2) is 9.24. The van der Waals surface area contributed by atoms with Crippen molar-refractivity contribution in [3.63, 3.8) is 0 Å². The smallest absolute Gasteiger partial charge is 0.168 e. The van der Waals surface area contributed by atoms with Gasteiger partial charge in [-0.1, -0.05) is 25.0 Å². The second-order valence-corrected chi connectivity index (χ2v) is 5.35. The van der Waals surface area contributed by atoms with Crippen LogP contribution in [0.1, 0.15) is 38.5 Å². The van der Waals surface area contributed by atoms with Gasteiger partial charge in [-0.25, -0.2) is 9.13 Å². The predicted octanol–water partition coefficient (Wildman–Crippen LogP) is 3.30. The van der Waals surface area contributed by atoms with Crippen molar-refractivity contribution in [2.45, 2.75) is 51.6 Å². The molecule has 0 aliphatic rings. The van der Waals surface area contributed by atoms with Gasteiger partial charge in [-0.3, -0.25) is 0 Å². The molecule has 0 aliphatic heterocycles. The Labute approximate surface area is 122 Å². The topological polar surface area (TPSA) is 7.76 Å². The number of pyridine rings is 2. The molecular formula is C18H26N2+2. The van der Waals surface area contributed by atoms with E-state index in [1.54, 1.807) is 0 Å². The molecule has 106 valence electrons. The maximum absolute atomic E-state index is 2.27. The summed E-state index contributed by atoms with van der Waals surface area (Å²) in [5.41, 5.74) is 0. The van der Waals surface area contributed by atoms with Gasteiger partial charge in [0.1, 0.15) is 13.1 Å². The molecular weight excluding hydrogens is 244 g/mol. The molecule has 0 saturated heterocycles. The monoisotopic (exact) mass is 270 g/mol. The minimum atomic E-state index is 1.15. The van der Waals surface area contributed by atoms with E-state index < -0.39 is 0 Å². The highest BCUT2D eigenvalue weighted by molar-refractivity contribution is 4.84. The van der Waals surface area contributed by atoms with Crippen molar-refractivity contribution in [2.24, 2.45) is 0 Å². The van der Waals surface area contributed by atoms with Crippen LogP contribution in [0.3, 0.4) is 0 Å². The molecule has 0 unspecified atom stereocenters. The van der Waals surface area contributed by atoms with Crippen molar-refractivity contribution >= 4 is 0 Å². The van der Waals surface area contributed by atoms with Crippen LogP contribution in [0.25, 0.3) is 0 Å². The second-order valence-electron chi connectivity index (χ2n) is 5.35. The van der Waals surface area contributed by atoms with E-state index in [0.29, 0.717) is 0 Å². The average Bonchev–Trinajstić information content (AvgIpc) is 2.52. The van der Waals surface area contributed by atoms with E-state index in [9.17, 15) is 0 Å². The van der Waals surface area contributed by atoms with Gasteiger partial charge in [0.2, 0.25) is 0 Å². The van der Waals surface area contributed by atoms with Crippen molar-refractivity contribution in [3.8, 4) is 0 Å². The van der Waals surface area contributed by atoms with Crippen molar-refractivity contribution in [1.82, 2.24) is 0 Å². The molecule has 0 amide bonds. The molecule has 2 rings (SSSR count). The summed E-state index contributed by atoms with van der Waals surface area (Å²) in [6, 6.07) is 12.5. The maximum Gasteiger partial charge on any atom is 0.168 e. The average molecular weight is 270 g/mol. The van der Waals surface area contributed by atoms with Crippen LogP contribution in [-0.2, 0) is 13.1 Å². The lowest BCUT2D eigenvalue weighted by atomic mass is 10.1. The zero-order chi connectivity index (χ0) is 13.9. The van der Waals surface area contributed by atoms with Crippen LogP contribution in [0.5, 0.6) is 0 Å². The summed E-state index contributed by atoms with van der Waals surface area (Å²) in [4.78, 5) is 0. The summed E-state index contributed by atoms with van der Waals surface area (Å²) in [6.45, 7) is 2.31. The largest absolute Gasteiger partial charge is 0.205 e. The van der Waals surface area contributed by atoms with Gasteiger partial charge in [-0.05, 0) is 12.8 Å². The Balaban J connectivity index is 1.44. The maximum atomic E-state index is 2.27. The molecule has 0 saturated carbocycles. The molecule has 0 atom stereocenters. The van der Waals surface area contributed by atoms with E-state index in [2.05, 4.69) is 70.3 Å². The first-order valence-electron chi connectivity index (χ1n) is 7.83. The fourth-order valence-electron chi connectivity index (χ4n) is 2.46. The van der Waals surface area contributed by atoms with Crippen LogP contribution in [0.2, 0.25) is 0 Å². The van der Waals surface area contributed by atoms with Gasteiger partial charge >= 0.3 is 0 Å². The van der Waals surface area contributed by atoms with E-state index in [0.717, 1.165) is 13.1 Å². The van der Waals surface area contributed by atoms with Gasteiger partial charge in [-0.15, -0.1) is 0 Å². The van der Waals surface area contributed by atoms with Crippen LogP contribution in [0.4, 0.5) is 0 Å². The van der Waals surface area contributed by atoms with E-state index >= 15 is 0 Å². The molecule has 2 heterocycles. The molecule has 0 fully saturated rings. The lowest BCUT2D eigenvalue weighted by Gasteiger charge is -2.00. The summed E-state index contributed by atoms with van der Waals surface area (Å²) >= 11 is 0. The summed E-state index contributed by atoms with van der Waals surface area (Å²) < 4.78 is 4.54. The molecule has 0 bridgehead atoms. The lowest BCUT2D eigenvalue weighted by Crippen LogP contribution is -2.32. The Kier molecular flexibility index (Phi) is 6.80. The van der Waals surface area contributed by atoms with Crippen LogP contribution in [-0.4, -0.2) is 0 Å². The van der Waals surface area contributed by atoms with Crippen molar-refractivity contribution in [1.29, 1.82) is 0 Å². The number of hydrogen-bond donors (Lipinski definition) is 0. The van der Waals surface area contributed by atoms with Gasteiger partial charge in [-0.2, -0.15) is 0 Å². The highest BCUT2D eigenvalue weighted by Gasteiger charge is 1.99. The Hall–Kier alpha value is -1.70. The van der Waals surface area contributed by atoms with Crippen LogP contribution >= 0.6 is 0 Å². The third-order valence-electron chi connectivity index (χ3n) is 3.64. The predicted molar refractivity (Wildman–Crippen MR) is 81.0 cm³/mol. The molecule has 2 aromatic heterocycles. The first-order valence-corrected chi connectivity index (χ1v) is 7.83. The van der Waals surface area contributed by atoms with Crippen molar-refractivity contribution < 1.29 is 9.13 Å². The normalized spacial score (nSPS) is 10.6. The number of unbranched alkanes of at least 4 members (excludes halogenated alkanes) is 5. The molecule has 2 nitrogen and oxygen atoms in total. The van der Waals surface area contributed by atoms with E-state index in [4.69, 9.17) is 0 Å². The van der Waals surface area contributed by atoms with Crippen LogP contribution in [0, 0.1) is 0 Å². The van der Waals surface area contributed by atoms with Crippen LogP contribution < -0.4 is 9.13 Å². The number of rotatable bonds is 9. The fraction of sp³-hybridized carbons (Fsp3) is 0.444. The van der Waals surface area contributed by atoms with Gasteiger partial charge in [0.05, 0.1) is 0 Å². The van der Waals surface area contributed by atoms with Crippen molar-refractivity contribution in [2.75, 3.05) is 0 Å². The Bertz CT molecular complexity index is 408. The van der Waals surface area contributed by atoms with Gasteiger partial charge < -0.3 is 0 Å². The minimum absolute atomic E-state index is 1.15. The van der Waals surface area contributed by atoms with Crippen LogP contribution in [0.15, 0.2) is 61.2 Å². The first kappa shape index (κ1) is 14.7. The highest BCUT2D eigenvalue weighted by Crippen LogP contribution is 2.05. The van der Waals surface area contributed by atoms with Gasteiger partial charge in [0.25, 0.3) is 0 Å². The summed E-state index contributed by atoms with van der Waals surface area (Å²) in [6.07, 6.45) is 16.6. The van der Waals surface area contributed by atoms with E-state index in [-0.39, 0.29) is 0 Å². The van der Waals surface area contributed by atoms with Crippen molar-refractivity contribution in [3.05, 3.63) is 61.2 Å². The standard InChI is InChI=1S/C18H26N2/c1(3-7-13-19-15-9-5-10-16-19)2-4-8-14-20-17-11-6-12-18-20/h5-6,9-12,15-18H,1-4,7-8,13-14H2/q+2. The summed E-state index contributed by atoms with van der Waals surface area (Å²) in [5, 5.41) is 0. The quantitative estimate of drug-likeness (QED) is 0.488.